The predicted molar refractivity (Wildman–Crippen MR) is 88.0 cm³/mol. The summed E-state index contributed by atoms with van der Waals surface area (Å²) in [5.74, 6) is 0.159. The summed E-state index contributed by atoms with van der Waals surface area (Å²) in [6.45, 7) is 0.0196. The molecule has 0 aliphatic rings. The normalized spacial score (nSPS) is 12.4. The van der Waals surface area contributed by atoms with Crippen LogP contribution in [-0.2, 0) is 12.7 Å². The van der Waals surface area contributed by atoms with Gasteiger partial charge in [0.05, 0.1) is 5.56 Å². The van der Waals surface area contributed by atoms with Crippen LogP contribution in [0.4, 0.5) is 13.2 Å². The number of rotatable bonds is 4. The second-order valence-electron chi connectivity index (χ2n) is 5.27. The fourth-order valence-corrected chi connectivity index (χ4v) is 2.32. The van der Waals surface area contributed by atoms with Crippen molar-refractivity contribution in [1.82, 2.24) is 20.2 Å². The molecular weight excluding hydrogens is 371 g/mol. The number of hydrogen-bond donors (Lipinski definition) is 1. The maximum Gasteiger partial charge on any atom is 0.416 e. The van der Waals surface area contributed by atoms with Gasteiger partial charge in [-0.15, -0.1) is 10.2 Å². The van der Waals surface area contributed by atoms with Gasteiger partial charge in [0.2, 0.25) is 5.82 Å². The van der Waals surface area contributed by atoms with Crippen molar-refractivity contribution in [3.8, 4) is 11.4 Å². The Hall–Kier alpha value is -2.94. The van der Waals surface area contributed by atoms with Crippen LogP contribution in [0.5, 0.6) is 0 Å². The van der Waals surface area contributed by atoms with E-state index in [0.717, 1.165) is 12.1 Å². The molecule has 3 aromatic rings. The molecule has 0 aliphatic carbocycles. The summed E-state index contributed by atoms with van der Waals surface area (Å²) in [7, 11) is 0. The minimum atomic E-state index is -4.41. The highest BCUT2D eigenvalue weighted by Gasteiger charge is 2.30. The van der Waals surface area contributed by atoms with E-state index in [1.54, 1.807) is 24.3 Å². The van der Waals surface area contributed by atoms with Gasteiger partial charge in [-0.05, 0) is 29.5 Å². The van der Waals surface area contributed by atoms with E-state index in [1.165, 1.54) is 16.9 Å². The molecule has 26 heavy (non-hydrogen) atoms. The Morgan fingerprint density at radius 3 is 2.31 bits per heavy atom. The monoisotopic (exact) mass is 381 g/mol. The molecule has 10 heteroatoms. The van der Waals surface area contributed by atoms with Gasteiger partial charge in [-0.2, -0.15) is 18.0 Å². The lowest BCUT2D eigenvalue weighted by atomic mass is 10.1. The molecule has 0 radical (unpaired) electrons. The zero-order chi connectivity index (χ0) is 18.7. The summed E-state index contributed by atoms with van der Waals surface area (Å²) in [5.41, 5.74) is 0.521. The van der Waals surface area contributed by atoms with Crippen molar-refractivity contribution in [2.45, 2.75) is 12.7 Å². The standard InChI is InChI=1S/C16H11ClF3N5O/c17-13-7-3-10(4-8-13)14(23-26)9-25-22-15(21-24-25)11-1-5-12(6-2-11)16(18,19)20/h1-8,26H,9H2/b23-14-. The maximum atomic E-state index is 12.6. The van der Waals surface area contributed by atoms with Gasteiger partial charge < -0.3 is 5.21 Å². The lowest BCUT2D eigenvalue weighted by molar-refractivity contribution is -0.137. The Bertz CT molecular complexity index is 920. The molecule has 2 aromatic carbocycles. The Balaban J connectivity index is 1.78. The van der Waals surface area contributed by atoms with Gasteiger partial charge in [0.15, 0.2) is 0 Å². The van der Waals surface area contributed by atoms with Crippen molar-refractivity contribution < 1.29 is 18.4 Å². The first kappa shape index (κ1) is 17.9. The van der Waals surface area contributed by atoms with E-state index in [-0.39, 0.29) is 18.1 Å². The van der Waals surface area contributed by atoms with Crippen molar-refractivity contribution in [3.05, 3.63) is 64.7 Å². The van der Waals surface area contributed by atoms with Crippen molar-refractivity contribution in [2.75, 3.05) is 0 Å². The van der Waals surface area contributed by atoms with Crippen LogP contribution in [0.3, 0.4) is 0 Å². The molecule has 0 bridgehead atoms. The van der Waals surface area contributed by atoms with E-state index >= 15 is 0 Å². The van der Waals surface area contributed by atoms with Crippen LogP contribution in [0.15, 0.2) is 53.7 Å². The SMILES string of the molecule is O/N=C(/Cn1nnc(-c2ccc(C(F)(F)F)cc2)n1)c1ccc(Cl)cc1. The Labute approximate surface area is 150 Å². The molecule has 0 saturated carbocycles. The third kappa shape index (κ3) is 3.99. The average molecular weight is 382 g/mol. The van der Waals surface area contributed by atoms with Crippen LogP contribution >= 0.6 is 11.6 Å². The van der Waals surface area contributed by atoms with E-state index in [2.05, 4.69) is 20.6 Å². The largest absolute Gasteiger partial charge is 0.416 e. The summed E-state index contributed by atoms with van der Waals surface area (Å²) in [4.78, 5) is 1.18. The van der Waals surface area contributed by atoms with Gasteiger partial charge in [0.25, 0.3) is 0 Å². The van der Waals surface area contributed by atoms with E-state index in [4.69, 9.17) is 11.6 Å². The lowest BCUT2D eigenvalue weighted by Crippen LogP contribution is -2.14. The molecule has 0 atom stereocenters. The van der Waals surface area contributed by atoms with Crippen molar-refractivity contribution in [3.63, 3.8) is 0 Å². The van der Waals surface area contributed by atoms with Gasteiger partial charge >= 0.3 is 6.18 Å². The van der Waals surface area contributed by atoms with E-state index in [0.29, 0.717) is 16.1 Å². The Morgan fingerprint density at radius 1 is 1.08 bits per heavy atom. The molecule has 0 spiro atoms. The molecule has 6 nitrogen and oxygen atoms in total. The topological polar surface area (TPSA) is 76.2 Å². The molecule has 0 fully saturated rings. The third-order valence-corrected chi connectivity index (χ3v) is 3.76. The summed E-state index contributed by atoms with van der Waals surface area (Å²) in [5, 5.41) is 24.7. The highest BCUT2D eigenvalue weighted by Crippen LogP contribution is 2.30. The molecule has 1 N–H and O–H groups in total. The highest BCUT2D eigenvalue weighted by atomic mass is 35.5. The maximum absolute atomic E-state index is 12.6. The van der Waals surface area contributed by atoms with Gasteiger partial charge in [-0.1, -0.05) is 41.0 Å². The average Bonchev–Trinajstić information content (AvgIpc) is 3.08. The minimum absolute atomic E-state index is 0.0196. The number of alkyl halides is 3. The highest BCUT2D eigenvalue weighted by molar-refractivity contribution is 6.30. The van der Waals surface area contributed by atoms with E-state index in [1.807, 2.05) is 0 Å². The van der Waals surface area contributed by atoms with Crippen LogP contribution in [0.2, 0.25) is 5.02 Å². The Kier molecular flexibility index (Phi) is 4.90. The minimum Gasteiger partial charge on any atom is -0.411 e. The summed E-state index contributed by atoms with van der Waals surface area (Å²) in [6.07, 6.45) is -4.41. The zero-order valence-corrected chi connectivity index (χ0v) is 13.8. The fraction of sp³-hybridized carbons (Fsp3) is 0.125. The molecule has 134 valence electrons. The molecule has 0 aliphatic heterocycles. The van der Waals surface area contributed by atoms with Crippen molar-refractivity contribution in [1.29, 1.82) is 0 Å². The van der Waals surface area contributed by atoms with Crippen molar-refractivity contribution in [2.24, 2.45) is 5.16 Å². The van der Waals surface area contributed by atoms with Crippen LogP contribution in [0.1, 0.15) is 11.1 Å². The number of oxime groups is 1. The van der Waals surface area contributed by atoms with Crippen LogP contribution in [-0.4, -0.2) is 31.1 Å². The zero-order valence-electron chi connectivity index (χ0n) is 13.0. The number of hydrogen-bond acceptors (Lipinski definition) is 5. The second kappa shape index (κ2) is 7.12. The second-order valence-corrected chi connectivity index (χ2v) is 5.71. The van der Waals surface area contributed by atoms with Crippen LogP contribution in [0.25, 0.3) is 11.4 Å². The first-order valence-electron chi connectivity index (χ1n) is 7.29. The first-order chi connectivity index (χ1) is 12.4. The Morgan fingerprint density at radius 2 is 1.73 bits per heavy atom. The number of nitrogens with zero attached hydrogens (tertiary/aromatic N) is 5. The first-order valence-corrected chi connectivity index (χ1v) is 7.67. The molecule has 0 amide bonds. The smallest absolute Gasteiger partial charge is 0.411 e. The van der Waals surface area contributed by atoms with E-state index < -0.39 is 11.7 Å². The predicted octanol–water partition coefficient (Wildman–Crippen LogP) is 3.89. The molecule has 0 unspecified atom stereocenters. The third-order valence-electron chi connectivity index (χ3n) is 3.51. The van der Waals surface area contributed by atoms with Gasteiger partial charge in [-0.3, -0.25) is 0 Å². The number of tetrazole rings is 1. The number of benzene rings is 2. The van der Waals surface area contributed by atoms with Gasteiger partial charge in [0, 0.05) is 16.1 Å². The molecule has 1 aromatic heterocycles. The summed E-state index contributed by atoms with van der Waals surface area (Å²) >= 11 is 5.82. The molecule has 3 rings (SSSR count). The van der Waals surface area contributed by atoms with Gasteiger partial charge in [0.1, 0.15) is 12.3 Å². The lowest BCUT2D eigenvalue weighted by Gasteiger charge is -2.06. The van der Waals surface area contributed by atoms with Crippen molar-refractivity contribution >= 4 is 17.3 Å². The molecule has 1 heterocycles. The summed E-state index contributed by atoms with van der Waals surface area (Å²) in [6, 6.07) is 11.1. The van der Waals surface area contributed by atoms with E-state index in [9.17, 15) is 18.4 Å². The molecule has 0 saturated heterocycles. The fourth-order valence-electron chi connectivity index (χ4n) is 2.19. The van der Waals surface area contributed by atoms with Gasteiger partial charge in [-0.25, -0.2) is 0 Å². The molecular formula is C16H11ClF3N5O. The summed E-state index contributed by atoms with van der Waals surface area (Å²) < 4.78 is 37.8. The van der Waals surface area contributed by atoms with Crippen LogP contribution in [0, 0.1) is 0 Å². The number of aromatic nitrogens is 4. The number of halogens is 4. The quantitative estimate of drug-likeness (QED) is 0.422. The van der Waals surface area contributed by atoms with Crippen LogP contribution < -0.4 is 0 Å².